The van der Waals surface area contributed by atoms with E-state index in [2.05, 4.69) is 41.2 Å². The predicted octanol–water partition coefficient (Wildman–Crippen LogP) is 1.47. The van der Waals surface area contributed by atoms with Gasteiger partial charge in [-0.25, -0.2) is 0 Å². The third-order valence-corrected chi connectivity index (χ3v) is 4.99. The van der Waals surface area contributed by atoms with Gasteiger partial charge in [0.1, 0.15) is 0 Å². The first-order valence-corrected chi connectivity index (χ1v) is 7.93. The third-order valence-electron chi connectivity index (χ3n) is 4.99. The summed E-state index contributed by atoms with van der Waals surface area (Å²) in [6.07, 6.45) is 2.96. The van der Waals surface area contributed by atoms with Gasteiger partial charge in [-0.3, -0.25) is 10.1 Å². The fourth-order valence-corrected chi connectivity index (χ4v) is 3.44. The number of benzene rings is 1. The highest BCUT2D eigenvalue weighted by Crippen LogP contribution is 2.23. The van der Waals surface area contributed by atoms with Crippen LogP contribution in [0.1, 0.15) is 25.3 Å². The molecule has 1 aromatic rings. The monoisotopic (exact) mass is 287 g/mol. The van der Waals surface area contributed by atoms with Gasteiger partial charge in [-0.15, -0.1) is 0 Å². The van der Waals surface area contributed by atoms with Crippen LogP contribution in [0.4, 0.5) is 0 Å². The molecule has 3 atom stereocenters. The van der Waals surface area contributed by atoms with Crippen molar-refractivity contribution in [1.29, 1.82) is 0 Å². The molecule has 0 saturated carbocycles. The summed E-state index contributed by atoms with van der Waals surface area (Å²) in [5, 5.41) is 3.39. The summed E-state index contributed by atoms with van der Waals surface area (Å²) < 4.78 is 0. The summed E-state index contributed by atoms with van der Waals surface area (Å²) >= 11 is 0. The zero-order chi connectivity index (χ0) is 14.8. The maximum atomic E-state index is 12.6. The van der Waals surface area contributed by atoms with Crippen LogP contribution >= 0.6 is 0 Å². The maximum absolute atomic E-state index is 12.6. The summed E-state index contributed by atoms with van der Waals surface area (Å²) in [5.41, 5.74) is 1.22. The van der Waals surface area contributed by atoms with Crippen LogP contribution in [0.25, 0.3) is 0 Å². The van der Waals surface area contributed by atoms with E-state index in [1.807, 2.05) is 18.2 Å². The van der Waals surface area contributed by atoms with Crippen molar-refractivity contribution in [3.8, 4) is 0 Å². The number of nitrogens with one attached hydrogen (secondary N) is 1. The molecule has 0 radical (unpaired) electrons. The molecule has 2 saturated heterocycles. The number of rotatable bonds is 3. The van der Waals surface area contributed by atoms with Crippen LogP contribution in [0.5, 0.6) is 0 Å². The van der Waals surface area contributed by atoms with Gasteiger partial charge in [0.05, 0.1) is 12.7 Å². The number of hydrogen-bond acceptors (Lipinski definition) is 3. The summed E-state index contributed by atoms with van der Waals surface area (Å²) in [6.45, 7) is 4.04. The molecule has 0 spiro atoms. The van der Waals surface area contributed by atoms with E-state index in [0.29, 0.717) is 18.8 Å². The van der Waals surface area contributed by atoms with Crippen LogP contribution in [0.3, 0.4) is 0 Å². The normalized spacial score (nSPS) is 30.9. The van der Waals surface area contributed by atoms with E-state index in [0.717, 1.165) is 25.8 Å². The zero-order valence-corrected chi connectivity index (χ0v) is 13.0. The van der Waals surface area contributed by atoms with Gasteiger partial charge in [0.25, 0.3) is 0 Å². The molecule has 114 valence electrons. The molecule has 2 heterocycles. The third kappa shape index (κ3) is 3.11. The number of carbonyl (C=O) groups excluding carboxylic acids is 1. The van der Waals surface area contributed by atoms with Crippen LogP contribution in [0.2, 0.25) is 0 Å². The van der Waals surface area contributed by atoms with Crippen LogP contribution in [0.15, 0.2) is 30.3 Å². The van der Waals surface area contributed by atoms with E-state index in [-0.39, 0.29) is 11.9 Å². The Bertz CT molecular complexity index is 490. The number of hydrogen-bond donors (Lipinski definition) is 1. The number of likely N-dealkylation sites (tertiary alicyclic amines) is 1. The highest BCUT2D eigenvalue weighted by molar-refractivity contribution is 5.84. The lowest BCUT2D eigenvalue weighted by atomic mass is 9.97. The van der Waals surface area contributed by atoms with Crippen molar-refractivity contribution >= 4 is 5.91 Å². The molecule has 2 aliphatic heterocycles. The molecule has 4 nitrogen and oxygen atoms in total. The standard InChI is InChI=1S/C17H25N3O/c1-13-10-15(8-9-19(13)2)20-12-18-16(17(20)21)11-14-6-4-3-5-7-14/h3-7,13,15-16,18H,8-12H2,1-2H3. The van der Waals surface area contributed by atoms with Crippen molar-refractivity contribution in [1.82, 2.24) is 15.1 Å². The Kier molecular flexibility index (Phi) is 4.27. The topological polar surface area (TPSA) is 35.6 Å². The van der Waals surface area contributed by atoms with E-state index in [9.17, 15) is 4.79 Å². The number of piperidine rings is 1. The highest BCUT2D eigenvalue weighted by Gasteiger charge is 2.37. The Labute approximate surface area is 127 Å². The molecule has 0 aliphatic carbocycles. The van der Waals surface area contributed by atoms with E-state index in [1.54, 1.807) is 0 Å². The average Bonchev–Trinajstić information content (AvgIpc) is 2.84. The minimum absolute atomic E-state index is 0.0534. The molecule has 1 N–H and O–H groups in total. The fraction of sp³-hybridized carbons (Fsp3) is 0.588. The first-order valence-electron chi connectivity index (χ1n) is 7.93. The first kappa shape index (κ1) is 14.5. The molecule has 3 rings (SSSR count). The minimum atomic E-state index is -0.0534. The van der Waals surface area contributed by atoms with Crippen molar-refractivity contribution in [2.75, 3.05) is 20.3 Å². The van der Waals surface area contributed by atoms with Gasteiger partial charge >= 0.3 is 0 Å². The molecule has 21 heavy (non-hydrogen) atoms. The summed E-state index contributed by atoms with van der Waals surface area (Å²) in [5.74, 6) is 0.278. The summed E-state index contributed by atoms with van der Waals surface area (Å²) in [6, 6.07) is 11.2. The Hall–Kier alpha value is -1.39. The summed E-state index contributed by atoms with van der Waals surface area (Å²) in [7, 11) is 2.17. The van der Waals surface area contributed by atoms with Crippen LogP contribution in [-0.4, -0.2) is 54.1 Å². The smallest absolute Gasteiger partial charge is 0.241 e. The average molecular weight is 287 g/mol. The lowest BCUT2D eigenvalue weighted by Crippen LogP contribution is -2.48. The van der Waals surface area contributed by atoms with Gasteiger partial charge in [-0.1, -0.05) is 30.3 Å². The van der Waals surface area contributed by atoms with E-state index in [4.69, 9.17) is 0 Å². The summed E-state index contributed by atoms with van der Waals surface area (Å²) in [4.78, 5) is 17.1. The molecule has 4 heteroatoms. The van der Waals surface area contributed by atoms with Gasteiger partial charge in [0.15, 0.2) is 0 Å². The molecular formula is C17H25N3O. The van der Waals surface area contributed by atoms with Crippen molar-refractivity contribution in [2.45, 2.75) is 44.3 Å². The van der Waals surface area contributed by atoms with E-state index < -0.39 is 0 Å². The Morgan fingerprint density at radius 2 is 2.05 bits per heavy atom. The molecule has 0 aromatic heterocycles. The Morgan fingerprint density at radius 1 is 1.29 bits per heavy atom. The lowest BCUT2D eigenvalue weighted by Gasteiger charge is -2.39. The maximum Gasteiger partial charge on any atom is 0.241 e. The predicted molar refractivity (Wildman–Crippen MR) is 83.9 cm³/mol. The van der Waals surface area contributed by atoms with Crippen LogP contribution < -0.4 is 5.32 Å². The van der Waals surface area contributed by atoms with Gasteiger partial charge in [0, 0.05) is 18.6 Å². The van der Waals surface area contributed by atoms with Gasteiger partial charge in [-0.05, 0) is 38.8 Å². The van der Waals surface area contributed by atoms with E-state index >= 15 is 0 Å². The SMILES string of the molecule is CC1CC(N2CNC(Cc3ccccc3)C2=O)CCN1C. The molecule has 0 bridgehead atoms. The minimum Gasteiger partial charge on any atom is -0.325 e. The Morgan fingerprint density at radius 3 is 2.76 bits per heavy atom. The molecule has 2 aliphatic rings. The first-order chi connectivity index (χ1) is 10.1. The zero-order valence-electron chi connectivity index (χ0n) is 13.0. The second-order valence-corrected chi connectivity index (χ2v) is 6.42. The Balaban J connectivity index is 1.61. The number of amides is 1. The van der Waals surface area contributed by atoms with Crippen molar-refractivity contribution < 1.29 is 4.79 Å². The molecule has 3 unspecified atom stereocenters. The number of nitrogens with zero attached hydrogens (tertiary/aromatic N) is 2. The highest BCUT2D eigenvalue weighted by atomic mass is 16.2. The van der Waals surface area contributed by atoms with Crippen LogP contribution in [-0.2, 0) is 11.2 Å². The van der Waals surface area contributed by atoms with E-state index in [1.165, 1.54) is 5.56 Å². The van der Waals surface area contributed by atoms with Crippen molar-refractivity contribution in [3.63, 3.8) is 0 Å². The molecule has 1 amide bonds. The second-order valence-electron chi connectivity index (χ2n) is 6.42. The molecule has 1 aromatic carbocycles. The second kappa shape index (κ2) is 6.16. The quantitative estimate of drug-likeness (QED) is 0.914. The molecular weight excluding hydrogens is 262 g/mol. The lowest BCUT2D eigenvalue weighted by molar-refractivity contribution is -0.131. The molecule has 2 fully saturated rings. The van der Waals surface area contributed by atoms with Gasteiger partial charge < -0.3 is 9.80 Å². The van der Waals surface area contributed by atoms with Gasteiger partial charge in [-0.2, -0.15) is 0 Å². The van der Waals surface area contributed by atoms with Crippen molar-refractivity contribution in [3.05, 3.63) is 35.9 Å². The van der Waals surface area contributed by atoms with Gasteiger partial charge in [0.2, 0.25) is 5.91 Å². The van der Waals surface area contributed by atoms with Crippen molar-refractivity contribution in [2.24, 2.45) is 0 Å². The number of carbonyl (C=O) groups is 1. The fourth-order valence-electron chi connectivity index (χ4n) is 3.44. The largest absolute Gasteiger partial charge is 0.325 e. The van der Waals surface area contributed by atoms with Crippen LogP contribution in [0, 0.1) is 0 Å².